The third kappa shape index (κ3) is 4.57. The second-order valence-electron chi connectivity index (χ2n) is 4.83. The summed E-state index contributed by atoms with van der Waals surface area (Å²) >= 11 is 5.74. The molecular weight excluding hydrogens is 332 g/mol. The molecule has 2 aromatic carbocycles. The van der Waals surface area contributed by atoms with Crippen molar-refractivity contribution in [2.45, 2.75) is 6.54 Å². The zero-order valence-electron chi connectivity index (χ0n) is 12.9. The minimum atomic E-state index is -0.568. The lowest BCUT2D eigenvalue weighted by Crippen LogP contribution is -2.20. The van der Waals surface area contributed by atoms with Crippen LogP contribution in [0.15, 0.2) is 48.5 Å². The van der Waals surface area contributed by atoms with Gasteiger partial charge in [-0.15, -0.1) is 0 Å². The Morgan fingerprint density at radius 1 is 1.33 bits per heavy atom. The predicted molar refractivity (Wildman–Crippen MR) is 92.0 cm³/mol. The lowest BCUT2D eigenvalue weighted by Gasteiger charge is -2.08. The van der Waals surface area contributed by atoms with Crippen LogP contribution in [-0.2, 0) is 11.3 Å². The third-order valence-corrected chi connectivity index (χ3v) is 3.56. The standard InChI is InChI=1S/C17H15ClN2O4/c1-24-16-5-3-2-4-13(16)11-19-17(21)9-7-12-6-8-14(18)15(10-12)20(22)23/h2-10H,11H2,1H3,(H,19,21)/b9-7+. The quantitative estimate of drug-likeness (QED) is 0.492. The first-order chi connectivity index (χ1) is 11.5. The number of benzene rings is 2. The number of nitrogens with zero attached hydrogens (tertiary/aromatic N) is 1. The SMILES string of the molecule is COc1ccccc1CNC(=O)/C=C/c1ccc(Cl)c([N+](=O)[O-])c1. The number of carbonyl (C=O) groups excluding carboxylic acids is 1. The van der Waals surface area contributed by atoms with Gasteiger partial charge >= 0.3 is 0 Å². The summed E-state index contributed by atoms with van der Waals surface area (Å²) in [5, 5.41) is 13.6. The highest BCUT2D eigenvalue weighted by Gasteiger charge is 2.11. The molecule has 0 unspecified atom stereocenters. The van der Waals surface area contributed by atoms with E-state index in [9.17, 15) is 14.9 Å². The fraction of sp³-hybridized carbons (Fsp3) is 0.118. The molecule has 1 amide bonds. The maximum absolute atomic E-state index is 11.9. The molecule has 0 radical (unpaired) electrons. The number of carbonyl (C=O) groups is 1. The van der Waals surface area contributed by atoms with Gasteiger partial charge in [0.2, 0.25) is 5.91 Å². The van der Waals surface area contributed by atoms with E-state index >= 15 is 0 Å². The molecule has 7 heteroatoms. The third-order valence-electron chi connectivity index (χ3n) is 3.24. The van der Waals surface area contributed by atoms with Gasteiger partial charge in [-0.1, -0.05) is 35.9 Å². The monoisotopic (exact) mass is 346 g/mol. The lowest BCUT2D eigenvalue weighted by atomic mass is 10.2. The fourth-order valence-electron chi connectivity index (χ4n) is 2.04. The predicted octanol–water partition coefficient (Wildman–Crippen LogP) is 3.59. The van der Waals surface area contributed by atoms with E-state index in [0.717, 1.165) is 5.56 Å². The normalized spacial score (nSPS) is 10.6. The van der Waals surface area contributed by atoms with Crippen LogP contribution in [0, 0.1) is 10.1 Å². The van der Waals surface area contributed by atoms with Crippen LogP contribution in [0.1, 0.15) is 11.1 Å². The van der Waals surface area contributed by atoms with Crippen molar-refractivity contribution in [3.63, 3.8) is 0 Å². The van der Waals surface area contributed by atoms with E-state index in [1.807, 2.05) is 24.3 Å². The number of hydrogen-bond donors (Lipinski definition) is 1. The highest BCUT2D eigenvalue weighted by molar-refractivity contribution is 6.32. The summed E-state index contributed by atoms with van der Waals surface area (Å²) in [6, 6.07) is 11.7. The van der Waals surface area contributed by atoms with E-state index in [-0.39, 0.29) is 16.6 Å². The molecule has 0 atom stereocenters. The molecule has 0 aliphatic heterocycles. The number of para-hydroxylation sites is 1. The molecule has 0 saturated carbocycles. The highest BCUT2D eigenvalue weighted by Crippen LogP contribution is 2.25. The van der Waals surface area contributed by atoms with Crippen LogP contribution in [-0.4, -0.2) is 17.9 Å². The number of nitrogens with one attached hydrogen (secondary N) is 1. The maximum atomic E-state index is 11.9. The summed E-state index contributed by atoms with van der Waals surface area (Å²) in [4.78, 5) is 22.1. The average molecular weight is 347 g/mol. The first-order valence-electron chi connectivity index (χ1n) is 7.03. The number of rotatable bonds is 6. The van der Waals surface area contributed by atoms with E-state index in [1.165, 1.54) is 24.3 Å². The largest absolute Gasteiger partial charge is 0.496 e. The average Bonchev–Trinajstić information content (AvgIpc) is 2.59. The maximum Gasteiger partial charge on any atom is 0.288 e. The van der Waals surface area contributed by atoms with Crippen LogP contribution in [0.25, 0.3) is 6.08 Å². The molecule has 0 aliphatic rings. The first kappa shape index (κ1) is 17.5. The molecule has 0 spiro atoms. The van der Waals surface area contributed by atoms with Crippen molar-refractivity contribution >= 4 is 29.3 Å². The molecular formula is C17H15ClN2O4. The molecule has 0 heterocycles. The molecule has 0 aromatic heterocycles. The van der Waals surface area contributed by atoms with Crippen molar-refractivity contribution in [1.29, 1.82) is 0 Å². The van der Waals surface area contributed by atoms with E-state index in [0.29, 0.717) is 17.9 Å². The second kappa shape index (κ2) is 8.12. The minimum Gasteiger partial charge on any atom is -0.496 e. The Morgan fingerprint density at radius 2 is 2.08 bits per heavy atom. The number of halogens is 1. The summed E-state index contributed by atoms with van der Waals surface area (Å²) in [6.45, 7) is 0.313. The summed E-state index contributed by atoms with van der Waals surface area (Å²) < 4.78 is 5.21. The van der Waals surface area contributed by atoms with Crippen LogP contribution in [0.2, 0.25) is 5.02 Å². The Labute approximate surface area is 143 Å². The van der Waals surface area contributed by atoms with Gasteiger partial charge < -0.3 is 10.1 Å². The number of nitro groups is 1. The van der Waals surface area contributed by atoms with Gasteiger partial charge in [0, 0.05) is 24.3 Å². The van der Waals surface area contributed by atoms with E-state index in [4.69, 9.17) is 16.3 Å². The zero-order valence-corrected chi connectivity index (χ0v) is 13.6. The summed E-state index contributed by atoms with van der Waals surface area (Å²) in [5.74, 6) is 0.369. The lowest BCUT2D eigenvalue weighted by molar-refractivity contribution is -0.384. The van der Waals surface area contributed by atoms with Crippen molar-refractivity contribution in [1.82, 2.24) is 5.32 Å². The molecule has 0 fully saturated rings. The van der Waals surface area contributed by atoms with Gasteiger partial charge in [0.15, 0.2) is 0 Å². The highest BCUT2D eigenvalue weighted by atomic mass is 35.5. The van der Waals surface area contributed by atoms with E-state index in [1.54, 1.807) is 13.2 Å². The first-order valence-corrected chi connectivity index (χ1v) is 7.41. The Balaban J connectivity index is 2.01. The second-order valence-corrected chi connectivity index (χ2v) is 5.24. The minimum absolute atomic E-state index is 0.0535. The molecule has 1 N–H and O–H groups in total. The van der Waals surface area contributed by atoms with Gasteiger partial charge in [-0.3, -0.25) is 14.9 Å². The van der Waals surface area contributed by atoms with Crippen LogP contribution in [0.3, 0.4) is 0 Å². The molecule has 0 aliphatic carbocycles. The van der Waals surface area contributed by atoms with Gasteiger partial charge in [0.1, 0.15) is 10.8 Å². The number of amides is 1. The number of hydrogen-bond acceptors (Lipinski definition) is 4. The molecule has 6 nitrogen and oxygen atoms in total. The molecule has 2 aromatic rings. The Bertz CT molecular complexity index is 790. The van der Waals surface area contributed by atoms with Crippen molar-refractivity contribution in [2.75, 3.05) is 7.11 Å². The number of nitro benzene ring substituents is 1. The Morgan fingerprint density at radius 3 is 2.79 bits per heavy atom. The molecule has 2 rings (SSSR count). The fourth-order valence-corrected chi connectivity index (χ4v) is 2.22. The molecule has 124 valence electrons. The van der Waals surface area contributed by atoms with Crippen molar-refractivity contribution < 1.29 is 14.5 Å². The van der Waals surface area contributed by atoms with E-state index in [2.05, 4.69) is 5.32 Å². The van der Waals surface area contributed by atoms with Gasteiger partial charge in [0.25, 0.3) is 5.69 Å². The molecule has 0 bridgehead atoms. The van der Waals surface area contributed by atoms with Crippen LogP contribution < -0.4 is 10.1 Å². The molecule has 0 saturated heterocycles. The Kier molecular flexibility index (Phi) is 5.92. The summed E-state index contributed by atoms with van der Waals surface area (Å²) in [5.41, 5.74) is 1.16. The smallest absolute Gasteiger partial charge is 0.288 e. The van der Waals surface area contributed by atoms with Crippen molar-refractivity contribution in [3.8, 4) is 5.75 Å². The van der Waals surface area contributed by atoms with Gasteiger partial charge in [-0.2, -0.15) is 0 Å². The van der Waals surface area contributed by atoms with Crippen LogP contribution >= 0.6 is 11.6 Å². The number of ether oxygens (including phenoxy) is 1. The van der Waals surface area contributed by atoms with Crippen molar-refractivity contribution in [3.05, 3.63) is 74.8 Å². The van der Waals surface area contributed by atoms with Gasteiger partial charge in [-0.25, -0.2) is 0 Å². The van der Waals surface area contributed by atoms with Gasteiger partial charge in [-0.05, 0) is 23.8 Å². The Hall–Kier alpha value is -2.86. The van der Waals surface area contributed by atoms with Crippen LogP contribution in [0.4, 0.5) is 5.69 Å². The summed E-state index contributed by atoms with van der Waals surface area (Å²) in [7, 11) is 1.56. The van der Waals surface area contributed by atoms with Crippen LogP contribution in [0.5, 0.6) is 5.75 Å². The van der Waals surface area contributed by atoms with Gasteiger partial charge in [0.05, 0.1) is 12.0 Å². The van der Waals surface area contributed by atoms with E-state index < -0.39 is 4.92 Å². The zero-order chi connectivity index (χ0) is 17.5. The number of methoxy groups -OCH3 is 1. The van der Waals surface area contributed by atoms with Crippen molar-refractivity contribution in [2.24, 2.45) is 0 Å². The molecule has 24 heavy (non-hydrogen) atoms. The topological polar surface area (TPSA) is 81.5 Å². The summed E-state index contributed by atoms with van der Waals surface area (Å²) in [6.07, 6.45) is 2.79.